The molecule has 0 aliphatic carbocycles. The molecular weight excluding hydrogens is 201 g/mol. The Morgan fingerprint density at radius 2 is 2.21 bits per heavy atom. The first-order chi connectivity index (χ1) is 6.63. The molecule has 0 bridgehead atoms. The van der Waals surface area contributed by atoms with E-state index < -0.39 is 0 Å². The topological polar surface area (TPSA) is 12.0 Å². The molecule has 0 heterocycles. The highest BCUT2D eigenvalue weighted by molar-refractivity contribution is 6.30. The lowest BCUT2D eigenvalue weighted by molar-refractivity contribution is 0.625. The third-order valence-corrected chi connectivity index (χ3v) is 2.22. The van der Waals surface area contributed by atoms with Gasteiger partial charge in [0, 0.05) is 16.6 Å². The lowest BCUT2D eigenvalue weighted by atomic mass is 10.1. The van der Waals surface area contributed by atoms with Crippen LogP contribution in [0, 0.1) is 5.82 Å². The van der Waals surface area contributed by atoms with Crippen LogP contribution >= 0.6 is 11.6 Å². The molecule has 0 fully saturated rings. The summed E-state index contributed by atoms with van der Waals surface area (Å²) < 4.78 is 13.2. The highest BCUT2D eigenvalue weighted by Gasteiger charge is 1.99. The van der Waals surface area contributed by atoms with Gasteiger partial charge in [-0.1, -0.05) is 29.8 Å². The highest BCUT2D eigenvalue weighted by atomic mass is 35.5. The van der Waals surface area contributed by atoms with E-state index in [9.17, 15) is 4.39 Å². The molecule has 0 aromatic heterocycles. The van der Waals surface area contributed by atoms with E-state index in [1.54, 1.807) is 18.2 Å². The van der Waals surface area contributed by atoms with E-state index in [0.29, 0.717) is 10.6 Å². The minimum Gasteiger partial charge on any atom is -0.314 e. The quantitative estimate of drug-likeness (QED) is 0.814. The van der Waals surface area contributed by atoms with Crippen molar-refractivity contribution in [3.63, 3.8) is 0 Å². The minimum atomic E-state index is -0.294. The third kappa shape index (κ3) is 3.13. The zero-order valence-corrected chi connectivity index (χ0v) is 8.98. The molecule has 0 aliphatic rings. The lowest BCUT2D eigenvalue weighted by Crippen LogP contribution is -2.17. The molecule has 0 saturated heterocycles. The number of likely N-dealkylation sites (N-methyl/N-ethyl adjacent to an activating group) is 1. The molecule has 0 radical (unpaired) electrons. The maximum Gasteiger partial charge on any atom is 0.131 e. The Balaban J connectivity index is 2.82. The summed E-state index contributed by atoms with van der Waals surface area (Å²) in [7, 11) is 1.85. The van der Waals surface area contributed by atoms with Crippen molar-refractivity contribution in [1.82, 2.24) is 5.32 Å². The molecule has 1 rings (SSSR count). The van der Waals surface area contributed by atoms with Crippen LogP contribution in [0.5, 0.6) is 0 Å². The fraction of sp³-hybridized carbons (Fsp3) is 0.273. The Morgan fingerprint density at radius 1 is 1.50 bits per heavy atom. The summed E-state index contributed by atoms with van der Waals surface area (Å²) >= 11 is 5.63. The van der Waals surface area contributed by atoms with Gasteiger partial charge < -0.3 is 5.32 Å². The molecule has 0 saturated carbocycles. The Kier molecular flexibility index (Phi) is 4.11. The Labute approximate surface area is 88.6 Å². The van der Waals surface area contributed by atoms with E-state index in [4.69, 9.17) is 11.6 Å². The fourth-order valence-electron chi connectivity index (χ4n) is 0.981. The molecule has 0 amide bonds. The molecule has 3 heteroatoms. The van der Waals surface area contributed by atoms with Crippen molar-refractivity contribution in [2.24, 2.45) is 0 Å². The van der Waals surface area contributed by atoms with Crippen molar-refractivity contribution in [3.8, 4) is 0 Å². The maximum atomic E-state index is 13.2. The van der Waals surface area contributed by atoms with E-state index >= 15 is 0 Å². The van der Waals surface area contributed by atoms with Crippen molar-refractivity contribution in [2.45, 2.75) is 13.0 Å². The second-order valence-electron chi connectivity index (χ2n) is 3.10. The first kappa shape index (κ1) is 11.2. The van der Waals surface area contributed by atoms with Gasteiger partial charge in [-0.25, -0.2) is 4.39 Å². The smallest absolute Gasteiger partial charge is 0.131 e. The monoisotopic (exact) mass is 213 g/mol. The van der Waals surface area contributed by atoms with Crippen molar-refractivity contribution in [2.75, 3.05) is 7.05 Å². The SMILES string of the molecule is CNC(C)/C=C/c1ccc(Cl)cc1F. The third-order valence-electron chi connectivity index (χ3n) is 1.98. The lowest BCUT2D eigenvalue weighted by Gasteiger charge is -2.03. The van der Waals surface area contributed by atoms with Gasteiger partial charge in [0.15, 0.2) is 0 Å². The second kappa shape index (κ2) is 5.13. The molecule has 1 aromatic carbocycles. The van der Waals surface area contributed by atoms with Crippen LogP contribution in [0.4, 0.5) is 4.39 Å². The van der Waals surface area contributed by atoms with Crippen LogP contribution in [0.3, 0.4) is 0 Å². The van der Waals surface area contributed by atoms with E-state index in [-0.39, 0.29) is 11.9 Å². The number of benzene rings is 1. The highest BCUT2D eigenvalue weighted by Crippen LogP contribution is 2.15. The van der Waals surface area contributed by atoms with Crippen LogP contribution in [0.15, 0.2) is 24.3 Å². The van der Waals surface area contributed by atoms with Crippen LogP contribution in [-0.2, 0) is 0 Å². The van der Waals surface area contributed by atoms with Crippen molar-refractivity contribution >= 4 is 17.7 Å². The zero-order valence-electron chi connectivity index (χ0n) is 8.22. The molecule has 14 heavy (non-hydrogen) atoms. The summed E-state index contributed by atoms with van der Waals surface area (Å²) in [6, 6.07) is 4.88. The summed E-state index contributed by atoms with van der Waals surface area (Å²) in [5, 5.41) is 3.45. The van der Waals surface area contributed by atoms with Crippen LogP contribution < -0.4 is 5.32 Å². The average Bonchev–Trinajstić information content (AvgIpc) is 2.16. The van der Waals surface area contributed by atoms with Crippen LogP contribution in [0.1, 0.15) is 12.5 Å². The predicted molar refractivity (Wildman–Crippen MR) is 59.0 cm³/mol. The molecule has 1 N–H and O–H groups in total. The van der Waals surface area contributed by atoms with Gasteiger partial charge in [-0.2, -0.15) is 0 Å². The minimum absolute atomic E-state index is 0.227. The van der Waals surface area contributed by atoms with Gasteiger partial charge in [0.25, 0.3) is 0 Å². The van der Waals surface area contributed by atoms with Gasteiger partial charge in [-0.15, -0.1) is 0 Å². The van der Waals surface area contributed by atoms with E-state index in [1.807, 2.05) is 20.0 Å². The van der Waals surface area contributed by atoms with Gasteiger partial charge in [0.05, 0.1) is 0 Å². The summed E-state index contributed by atoms with van der Waals surface area (Å²) in [5.41, 5.74) is 0.552. The summed E-state index contributed by atoms with van der Waals surface area (Å²) in [5.74, 6) is -0.294. The predicted octanol–water partition coefficient (Wildman–Crippen LogP) is 3.10. The molecule has 1 nitrogen and oxygen atoms in total. The molecule has 1 atom stereocenters. The van der Waals surface area contributed by atoms with Gasteiger partial charge in [0.1, 0.15) is 5.82 Å². The maximum absolute atomic E-state index is 13.2. The summed E-state index contributed by atoms with van der Waals surface area (Å²) in [4.78, 5) is 0. The largest absolute Gasteiger partial charge is 0.314 e. The van der Waals surface area contributed by atoms with Crippen molar-refractivity contribution in [3.05, 3.63) is 40.7 Å². The average molecular weight is 214 g/mol. The molecule has 1 aromatic rings. The van der Waals surface area contributed by atoms with Gasteiger partial charge in [0.2, 0.25) is 0 Å². The van der Waals surface area contributed by atoms with Gasteiger partial charge in [-0.3, -0.25) is 0 Å². The second-order valence-corrected chi connectivity index (χ2v) is 3.54. The number of rotatable bonds is 3. The number of hydrogen-bond donors (Lipinski definition) is 1. The van der Waals surface area contributed by atoms with Crippen LogP contribution in [0.2, 0.25) is 5.02 Å². The van der Waals surface area contributed by atoms with Gasteiger partial charge >= 0.3 is 0 Å². The van der Waals surface area contributed by atoms with Crippen LogP contribution in [-0.4, -0.2) is 13.1 Å². The van der Waals surface area contributed by atoms with E-state index in [0.717, 1.165) is 0 Å². The van der Waals surface area contributed by atoms with E-state index in [2.05, 4.69) is 5.32 Å². The van der Waals surface area contributed by atoms with Crippen LogP contribution in [0.25, 0.3) is 6.08 Å². The van der Waals surface area contributed by atoms with Gasteiger partial charge in [-0.05, 0) is 26.1 Å². The molecule has 1 unspecified atom stereocenters. The molecule has 0 spiro atoms. The first-order valence-corrected chi connectivity index (χ1v) is 4.82. The molecule has 76 valence electrons. The number of halogens is 2. The summed E-state index contributed by atoms with van der Waals surface area (Å²) in [6.45, 7) is 1.99. The standard InChI is InChI=1S/C11H13ClFN/c1-8(14-2)3-4-9-5-6-10(12)7-11(9)13/h3-8,14H,1-2H3/b4-3+. The van der Waals surface area contributed by atoms with Crippen molar-refractivity contribution < 1.29 is 4.39 Å². The zero-order chi connectivity index (χ0) is 10.6. The Hall–Kier alpha value is -0.860. The fourth-order valence-corrected chi connectivity index (χ4v) is 1.14. The molecule has 0 aliphatic heterocycles. The first-order valence-electron chi connectivity index (χ1n) is 4.44. The normalized spacial score (nSPS) is 13.4. The van der Waals surface area contributed by atoms with E-state index in [1.165, 1.54) is 6.07 Å². The van der Waals surface area contributed by atoms with Crippen molar-refractivity contribution in [1.29, 1.82) is 0 Å². The molecular formula is C11H13ClFN. The number of hydrogen-bond acceptors (Lipinski definition) is 1. The Bertz CT molecular complexity index is 336. The number of nitrogens with one attached hydrogen (secondary N) is 1. The summed E-state index contributed by atoms with van der Waals surface area (Å²) in [6.07, 6.45) is 3.64. The Morgan fingerprint density at radius 3 is 2.79 bits per heavy atom.